The Kier molecular flexibility index (Phi) is 4.30. The van der Waals surface area contributed by atoms with Gasteiger partial charge in [0.15, 0.2) is 0 Å². The lowest BCUT2D eigenvalue weighted by molar-refractivity contribution is -0.111. The summed E-state index contributed by atoms with van der Waals surface area (Å²) in [4.78, 5) is 23.8. The molecule has 1 aromatic heterocycles. The Morgan fingerprint density at radius 3 is 2.67 bits per heavy atom. The molecule has 27 heavy (non-hydrogen) atoms. The molecular formula is C23H17NO3. The molecule has 0 saturated carbocycles. The van der Waals surface area contributed by atoms with E-state index < -0.39 is 5.63 Å². The Balaban J connectivity index is 1.58. The minimum Gasteiger partial charge on any atom is -0.423 e. The van der Waals surface area contributed by atoms with Gasteiger partial charge in [-0.3, -0.25) is 4.79 Å². The number of benzene rings is 3. The van der Waals surface area contributed by atoms with Gasteiger partial charge in [0, 0.05) is 29.3 Å². The van der Waals surface area contributed by atoms with E-state index in [9.17, 15) is 9.59 Å². The van der Waals surface area contributed by atoms with E-state index in [0.29, 0.717) is 11.3 Å². The van der Waals surface area contributed by atoms with E-state index >= 15 is 0 Å². The van der Waals surface area contributed by atoms with E-state index in [1.165, 1.54) is 12.1 Å². The monoisotopic (exact) mass is 355 g/mol. The average Bonchev–Trinajstić information content (AvgIpc) is 2.66. The summed E-state index contributed by atoms with van der Waals surface area (Å²) >= 11 is 0. The molecular weight excluding hydrogens is 338 g/mol. The van der Waals surface area contributed by atoms with Crippen molar-refractivity contribution >= 4 is 39.4 Å². The molecule has 0 radical (unpaired) electrons. The van der Waals surface area contributed by atoms with Crippen LogP contribution in [-0.4, -0.2) is 5.91 Å². The molecule has 3 aromatic carbocycles. The highest BCUT2D eigenvalue weighted by molar-refractivity contribution is 6.04. The number of carbonyl (C=O) groups is 1. The van der Waals surface area contributed by atoms with Crippen molar-refractivity contribution in [3.8, 4) is 0 Å². The van der Waals surface area contributed by atoms with Gasteiger partial charge in [0.2, 0.25) is 5.91 Å². The van der Waals surface area contributed by atoms with Crippen molar-refractivity contribution in [1.29, 1.82) is 0 Å². The first kappa shape index (κ1) is 16.8. The predicted molar refractivity (Wildman–Crippen MR) is 109 cm³/mol. The van der Waals surface area contributed by atoms with Gasteiger partial charge < -0.3 is 9.73 Å². The lowest BCUT2D eigenvalue weighted by Crippen LogP contribution is -2.08. The van der Waals surface area contributed by atoms with Gasteiger partial charge in [0.25, 0.3) is 0 Å². The SMILES string of the molecule is Cc1cc(=O)oc2cc(NC(=O)/C=C/c3cccc4ccccc34)ccc12. The van der Waals surface area contributed by atoms with Crippen molar-refractivity contribution in [2.24, 2.45) is 0 Å². The summed E-state index contributed by atoms with van der Waals surface area (Å²) in [5, 5.41) is 5.86. The molecule has 0 spiro atoms. The Hall–Kier alpha value is -3.66. The van der Waals surface area contributed by atoms with Crippen molar-refractivity contribution in [2.75, 3.05) is 5.32 Å². The number of amides is 1. The fraction of sp³-hybridized carbons (Fsp3) is 0.0435. The molecule has 1 N–H and O–H groups in total. The second kappa shape index (κ2) is 6.92. The van der Waals surface area contributed by atoms with Crippen LogP contribution in [-0.2, 0) is 4.79 Å². The molecule has 4 rings (SSSR count). The van der Waals surface area contributed by atoms with Crippen LogP contribution in [0.3, 0.4) is 0 Å². The number of aryl methyl sites for hydroxylation is 1. The van der Waals surface area contributed by atoms with Crippen LogP contribution >= 0.6 is 0 Å². The zero-order valence-corrected chi connectivity index (χ0v) is 14.7. The van der Waals surface area contributed by atoms with Crippen LogP contribution in [0.25, 0.3) is 27.8 Å². The maximum Gasteiger partial charge on any atom is 0.336 e. The molecule has 0 bridgehead atoms. The van der Waals surface area contributed by atoms with Gasteiger partial charge in [0.05, 0.1) is 0 Å². The maximum absolute atomic E-state index is 12.3. The lowest BCUT2D eigenvalue weighted by Gasteiger charge is -2.05. The molecule has 4 heteroatoms. The molecule has 0 unspecified atom stereocenters. The summed E-state index contributed by atoms with van der Waals surface area (Å²) < 4.78 is 5.22. The van der Waals surface area contributed by atoms with Crippen molar-refractivity contribution in [3.63, 3.8) is 0 Å². The lowest BCUT2D eigenvalue weighted by atomic mass is 10.0. The molecule has 0 fully saturated rings. The number of fused-ring (bicyclic) bond motifs is 2. The molecule has 0 aliphatic carbocycles. The van der Waals surface area contributed by atoms with E-state index in [4.69, 9.17) is 4.42 Å². The molecule has 1 heterocycles. The highest BCUT2D eigenvalue weighted by Gasteiger charge is 2.05. The zero-order chi connectivity index (χ0) is 18.8. The zero-order valence-electron chi connectivity index (χ0n) is 14.7. The fourth-order valence-corrected chi connectivity index (χ4v) is 3.15. The summed E-state index contributed by atoms with van der Waals surface area (Å²) in [6.45, 7) is 1.85. The van der Waals surface area contributed by atoms with Crippen LogP contribution < -0.4 is 10.9 Å². The number of carbonyl (C=O) groups excluding carboxylic acids is 1. The number of anilines is 1. The summed E-state index contributed by atoms with van der Waals surface area (Å²) in [5.74, 6) is -0.253. The quantitative estimate of drug-likeness (QED) is 0.420. The topological polar surface area (TPSA) is 59.3 Å². The fourth-order valence-electron chi connectivity index (χ4n) is 3.15. The van der Waals surface area contributed by atoms with Crippen LogP contribution in [0.2, 0.25) is 0 Å². The Bertz CT molecular complexity index is 1250. The van der Waals surface area contributed by atoms with Gasteiger partial charge in [0.1, 0.15) is 5.58 Å². The summed E-state index contributed by atoms with van der Waals surface area (Å²) in [6.07, 6.45) is 3.29. The summed E-state index contributed by atoms with van der Waals surface area (Å²) in [7, 11) is 0. The minimum atomic E-state index is -0.403. The van der Waals surface area contributed by atoms with E-state index in [2.05, 4.69) is 5.32 Å². The summed E-state index contributed by atoms with van der Waals surface area (Å²) in [5.41, 5.74) is 2.44. The Morgan fingerprint density at radius 1 is 0.963 bits per heavy atom. The van der Waals surface area contributed by atoms with Crippen LogP contribution in [0.5, 0.6) is 0 Å². The molecule has 4 nitrogen and oxygen atoms in total. The third-order valence-corrected chi connectivity index (χ3v) is 4.46. The second-order valence-corrected chi connectivity index (χ2v) is 6.35. The third kappa shape index (κ3) is 3.51. The molecule has 132 valence electrons. The predicted octanol–water partition coefficient (Wildman–Crippen LogP) is 4.91. The molecule has 0 saturated heterocycles. The van der Waals surface area contributed by atoms with E-state index in [-0.39, 0.29) is 5.91 Å². The normalized spacial score (nSPS) is 11.3. The smallest absolute Gasteiger partial charge is 0.336 e. The molecule has 0 aliphatic heterocycles. The molecule has 4 aromatic rings. The molecule has 1 amide bonds. The highest BCUT2D eigenvalue weighted by Crippen LogP contribution is 2.22. The second-order valence-electron chi connectivity index (χ2n) is 6.35. The maximum atomic E-state index is 12.3. The van der Waals surface area contributed by atoms with Gasteiger partial charge in [-0.05, 0) is 47.0 Å². The average molecular weight is 355 g/mol. The van der Waals surface area contributed by atoms with Crippen LogP contribution in [0.15, 0.2) is 82.0 Å². The first-order valence-electron chi connectivity index (χ1n) is 8.61. The standard InChI is InChI=1S/C23H17NO3/c1-15-13-23(26)27-21-14-18(10-11-19(15)21)24-22(25)12-9-17-7-4-6-16-5-2-3-8-20(16)17/h2-14H,1H3,(H,24,25)/b12-9+. The minimum absolute atomic E-state index is 0.253. The van der Waals surface area contributed by atoms with Crippen LogP contribution in [0.1, 0.15) is 11.1 Å². The van der Waals surface area contributed by atoms with Gasteiger partial charge in [-0.15, -0.1) is 0 Å². The number of hydrogen-bond acceptors (Lipinski definition) is 3. The van der Waals surface area contributed by atoms with E-state index in [1.54, 1.807) is 18.2 Å². The third-order valence-electron chi connectivity index (χ3n) is 4.46. The van der Waals surface area contributed by atoms with Crippen LogP contribution in [0, 0.1) is 6.92 Å². The van der Waals surface area contributed by atoms with Crippen LogP contribution in [0.4, 0.5) is 5.69 Å². The van der Waals surface area contributed by atoms with E-state index in [1.807, 2.05) is 55.5 Å². The number of hydrogen-bond donors (Lipinski definition) is 1. The van der Waals surface area contributed by atoms with Crippen molar-refractivity contribution < 1.29 is 9.21 Å². The van der Waals surface area contributed by atoms with E-state index in [0.717, 1.165) is 27.3 Å². The first-order chi connectivity index (χ1) is 13.1. The Morgan fingerprint density at radius 2 is 1.78 bits per heavy atom. The molecule has 0 atom stereocenters. The van der Waals surface area contributed by atoms with Gasteiger partial charge in [-0.25, -0.2) is 4.79 Å². The van der Waals surface area contributed by atoms with Crippen molar-refractivity contribution in [2.45, 2.75) is 6.92 Å². The molecule has 0 aliphatic rings. The highest BCUT2D eigenvalue weighted by atomic mass is 16.4. The first-order valence-corrected chi connectivity index (χ1v) is 8.61. The Labute approximate surface area is 155 Å². The van der Waals surface area contributed by atoms with Gasteiger partial charge >= 0.3 is 5.63 Å². The van der Waals surface area contributed by atoms with Gasteiger partial charge in [-0.1, -0.05) is 42.5 Å². The largest absolute Gasteiger partial charge is 0.423 e. The van der Waals surface area contributed by atoms with Crippen molar-refractivity contribution in [1.82, 2.24) is 0 Å². The number of nitrogens with one attached hydrogen (secondary N) is 1. The number of rotatable bonds is 3. The van der Waals surface area contributed by atoms with Crippen molar-refractivity contribution in [3.05, 3.63) is 94.4 Å². The summed E-state index contributed by atoms with van der Waals surface area (Å²) in [6, 6.07) is 20.7. The van der Waals surface area contributed by atoms with Gasteiger partial charge in [-0.2, -0.15) is 0 Å².